The molecule has 1 rings (SSSR count). The summed E-state index contributed by atoms with van der Waals surface area (Å²) >= 11 is 0. The molecular formula is C5H5F3O3. The summed E-state index contributed by atoms with van der Waals surface area (Å²) in [6.45, 7) is 0.0242. The van der Waals surface area contributed by atoms with Crippen molar-refractivity contribution in [2.75, 3.05) is 6.61 Å². The standard InChI is InChI=1S/C5H5F3O3/c1-4(7)2-10-5(8,11-4)3(6)9/h2H2,1H3. The zero-order valence-electron chi connectivity index (χ0n) is 5.57. The van der Waals surface area contributed by atoms with E-state index in [2.05, 4.69) is 9.47 Å². The van der Waals surface area contributed by atoms with E-state index in [4.69, 9.17) is 0 Å². The van der Waals surface area contributed by atoms with Crippen molar-refractivity contribution in [3.63, 3.8) is 0 Å². The molecule has 1 saturated heterocycles. The number of ether oxygens (including phenoxy) is 2. The third-order valence-electron chi connectivity index (χ3n) is 1.09. The van der Waals surface area contributed by atoms with Crippen LogP contribution >= 0.6 is 0 Å². The van der Waals surface area contributed by atoms with E-state index >= 15 is 0 Å². The first-order valence-electron chi connectivity index (χ1n) is 2.78. The second-order valence-electron chi connectivity index (χ2n) is 2.30. The molecule has 0 radical (unpaired) electrons. The average molecular weight is 170 g/mol. The first kappa shape index (κ1) is 8.48. The molecule has 1 fully saturated rings. The van der Waals surface area contributed by atoms with Gasteiger partial charge >= 0.3 is 12.1 Å². The average Bonchev–Trinajstić information content (AvgIpc) is 2.08. The molecule has 0 aromatic rings. The van der Waals surface area contributed by atoms with E-state index in [1.165, 1.54) is 0 Å². The Hall–Kier alpha value is -0.620. The monoisotopic (exact) mass is 170 g/mol. The minimum absolute atomic E-state index is 0.806. The van der Waals surface area contributed by atoms with Crippen molar-refractivity contribution in [1.29, 1.82) is 0 Å². The Bertz CT molecular complexity index is 193. The van der Waals surface area contributed by atoms with Gasteiger partial charge in [-0.3, -0.25) is 9.53 Å². The Morgan fingerprint density at radius 1 is 1.55 bits per heavy atom. The van der Waals surface area contributed by atoms with Gasteiger partial charge in [-0.1, -0.05) is 0 Å². The number of carbonyl (C=O) groups excluding carboxylic acids is 1. The Labute approximate surface area is 60.1 Å². The molecule has 1 heterocycles. The fraction of sp³-hybridized carbons (Fsp3) is 0.800. The summed E-state index contributed by atoms with van der Waals surface area (Å²) in [5, 5.41) is 0. The molecule has 1 aliphatic heterocycles. The molecule has 0 aromatic heterocycles. The number of hydrogen-bond acceptors (Lipinski definition) is 3. The molecule has 0 aromatic carbocycles. The van der Waals surface area contributed by atoms with Crippen LogP contribution < -0.4 is 0 Å². The highest BCUT2D eigenvalue weighted by molar-refractivity contribution is 5.74. The van der Waals surface area contributed by atoms with Crippen molar-refractivity contribution in [3.8, 4) is 0 Å². The molecular weight excluding hydrogens is 165 g/mol. The predicted molar refractivity (Wildman–Crippen MR) is 26.5 cm³/mol. The maximum absolute atomic E-state index is 12.6. The number of carbonyl (C=O) groups is 1. The van der Waals surface area contributed by atoms with Crippen LogP contribution in [0.2, 0.25) is 0 Å². The highest BCUT2D eigenvalue weighted by Crippen LogP contribution is 2.34. The lowest BCUT2D eigenvalue weighted by Gasteiger charge is -2.13. The van der Waals surface area contributed by atoms with Gasteiger partial charge in [-0.25, -0.2) is 4.39 Å². The lowest BCUT2D eigenvalue weighted by atomic mass is 10.4. The van der Waals surface area contributed by atoms with Crippen LogP contribution in [0.4, 0.5) is 13.2 Å². The molecule has 11 heavy (non-hydrogen) atoms. The van der Waals surface area contributed by atoms with E-state index in [-0.39, 0.29) is 0 Å². The SMILES string of the molecule is CC1(F)COC(F)(C(=O)F)O1. The van der Waals surface area contributed by atoms with Gasteiger partial charge in [0.05, 0.1) is 0 Å². The van der Waals surface area contributed by atoms with Crippen LogP contribution in [0, 0.1) is 0 Å². The fourth-order valence-corrected chi connectivity index (χ4v) is 0.651. The van der Waals surface area contributed by atoms with Gasteiger partial charge in [0.2, 0.25) is 5.85 Å². The Kier molecular flexibility index (Phi) is 1.68. The van der Waals surface area contributed by atoms with Gasteiger partial charge in [-0.05, 0) is 6.92 Å². The van der Waals surface area contributed by atoms with Gasteiger partial charge in [-0.15, -0.1) is 0 Å². The van der Waals surface area contributed by atoms with Crippen molar-refractivity contribution in [2.45, 2.75) is 18.8 Å². The van der Waals surface area contributed by atoms with Crippen LogP contribution in [0.5, 0.6) is 0 Å². The predicted octanol–water partition coefficient (Wildman–Crippen LogP) is 0.838. The zero-order valence-corrected chi connectivity index (χ0v) is 5.57. The van der Waals surface area contributed by atoms with Gasteiger partial charge in [0, 0.05) is 0 Å². The molecule has 1 aliphatic rings. The van der Waals surface area contributed by atoms with E-state index in [0.29, 0.717) is 0 Å². The largest absolute Gasteiger partial charge is 0.417 e. The molecule has 0 amide bonds. The van der Waals surface area contributed by atoms with Gasteiger partial charge in [0.25, 0.3) is 0 Å². The number of rotatable bonds is 1. The second-order valence-corrected chi connectivity index (χ2v) is 2.30. The van der Waals surface area contributed by atoms with Crippen molar-refractivity contribution in [1.82, 2.24) is 0 Å². The summed E-state index contributed by atoms with van der Waals surface area (Å²) in [7, 11) is 0. The van der Waals surface area contributed by atoms with Crippen LogP contribution in [-0.2, 0) is 14.3 Å². The van der Waals surface area contributed by atoms with Gasteiger partial charge < -0.3 is 4.74 Å². The molecule has 0 saturated carbocycles. The maximum atomic E-state index is 12.6. The first-order valence-corrected chi connectivity index (χ1v) is 2.78. The molecule has 3 nitrogen and oxygen atoms in total. The Morgan fingerprint density at radius 3 is 2.27 bits per heavy atom. The van der Waals surface area contributed by atoms with Crippen molar-refractivity contribution in [2.24, 2.45) is 0 Å². The number of alkyl halides is 2. The number of hydrogen-bond donors (Lipinski definition) is 0. The van der Waals surface area contributed by atoms with Gasteiger partial charge in [0.15, 0.2) is 0 Å². The quantitative estimate of drug-likeness (QED) is 0.547. The maximum Gasteiger partial charge on any atom is 0.417 e. The smallest absolute Gasteiger partial charge is 0.309 e. The Morgan fingerprint density at radius 2 is 2.09 bits per heavy atom. The third-order valence-corrected chi connectivity index (χ3v) is 1.09. The van der Waals surface area contributed by atoms with E-state index in [1.807, 2.05) is 0 Å². The summed E-state index contributed by atoms with van der Waals surface area (Å²) in [6.07, 6.45) is 0. The topological polar surface area (TPSA) is 35.5 Å². The normalized spacial score (nSPS) is 44.4. The van der Waals surface area contributed by atoms with E-state index in [1.54, 1.807) is 0 Å². The molecule has 0 spiro atoms. The van der Waals surface area contributed by atoms with Crippen LogP contribution in [0.15, 0.2) is 0 Å². The molecule has 6 heteroatoms. The van der Waals surface area contributed by atoms with E-state index in [9.17, 15) is 18.0 Å². The van der Waals surface area contributed by atoms with Crippen LogP contribution in [0.25, 0.3) is 0 Å². The second kappa shape index (κ2) is 2.18. The molecule has 2 atom stereocenters. The minimum atomic E-state index is -3.55. The van der Waals surface area contributed by atoms with Crippen LogP contribution in [0.3, 0.4) is 0 Å². The zero-order chi connectivity index (χ0) is 8.70. The Balaban J connectivity index is 2.73. The fourth-order valence-electron chi connectivity index (χ4n) is 0.651. The van der Waals surface area contributed by atoms with Crippen molar-refractivity contribution < 1.29 is 27.4 Å². The van der Waals surface area contributed by atoms with Crippen LogP contribution in [-0.4, -0.2) is 24.5 Å². The summed E-state index contributed by atoms with van der Waals surface area (Å²) in [6, 6.07) is -6.04. The summed E-state index contributed by atoms with van der Waals surface area (Å²) in [4.78, 5) is 9.80. The van der Waals surface area contributed by atoms with E-state index < -0.39 is 24.5 Å². The highest BCUT2D eigenvalue weighted by atomic mass is 19.2. The number of halogens is 3. The molecule has 2 unspecified atom stereocenters. The van der Waals surface area contributed by atoms with Crippen LogP contribution in [0.1, 0.15) is 6.92 Å². The van der Waals surface area contributed by atoms with Gasteiger partial charge in [0.1, 0.15) is 6.61 Å². The molecule has 0 N–H and O–H groups in total. The van der Waals surface area contributed by atoms with Gasteiger partial charge in [-0.2, -0.15) is 8.78 Å². The van der Waals surface area contributed by atoms with Crippen molar-refractivity contribution >= 4 is 6.04 Å². The molecule has 64 valence electrons. The minimum Gasteiger partial charge on any atom is -0.309 e. The highest BCUT2D eigenvalue weighted by Gasteiger charge is 2.55. The summed E-state index contributed by atoms with van der Waals surface area (Å²) in [5.74, 6) is -2.45. The molecule has 0 aliphatic carbocycles. The van der Waals surface area contributed by atoms with E-state index in [0.717, 1.165) is 6.92 Å². The lowest BCUT2D eigenvalue weighted by molar-refractivity contribution is -0.278. The van der Waals surface area contributed by atoms with Crippen molar-refractivity contribution in [3.05, 3.63) is 0 Å². The molecule has 0 bridgehead atoms. The lowest BCUT2D eigenvalue weighted by Crippen LogP contribution is -2.34. The summed E-state index contributed by atoms with van der Waals surface area (Å²) in [5.41, 5.74) is 0. The third kappa shape index (κ3) is 1.51. The summed E-state index contributed by atoms with van der Waals surface area (Å²) < 4.78 is 44.3. The first-order chi connectivity index (χ1) is 4.86.